The second-order valence-corrected chi connectivity index (χ2v) is 7.84. The van der Waals surface area contributed by atoms with Crippen molar-refractivity contribution in [3.63, 3.8) is 0 Å². The first kappa shape index (κ1) is 20.0. The largest absolute Gasteiger partial charge is 0.435 e. The van der Waals surface area contributed by atoms with Crippen molar-refractivity contribution in [2.24, 2.45) is 5.92 Å². The third-order valence-electron chi connectivity index (χ3n) is 3.56. The van der Waals surface area contributed by atoms with Gasteiger partial charge in [-0.05, 0) is 30.2 Å². The Labute approximate surface area is 147 Å². The maximum absolute atomic E-state index is 13.7. The number of imide groups is 1. The summed E-state index contributed by atoms with van der Waals surface area (Å²) in [6.07, 6.45) is -5.41. The van der Waals surface area contributed by atoms with Gasteiger partial charge in [0.15, 0.2) is 0 Å². The fourth-order valence-corrected chi connectivity index (χ4v) is 3.60. The maximum Gasteiger partial charge on any atom is 0.435 e. The van der Waals surface area contributed by atoms with Crippen LogP contribution >= 0.6 is 0 Å². The highest BCUT2D eigenvalue weighted by Gasteiger charge is 2.69. The molecular weight excluding hydrogens is 377 g/mol. The molecule has 26 heavy (non-hydrogen) atoms. The molecule has 12 heteroatoms. The molecule has 144 valence electrons. The standard InChI is InChI=1S/C14H17F3N4O4S/c1-8(2)7-21-11(22)13(14(15,16)17,19-12(21)23)20-26(24,25)10-5-3-9(18)4-6-10/h3-6,8,20H,7,18H2,1-2H3,(H,19,23)/t13-/m1/s1. The monoisotopic (exact) mass is 394 g/mol. The van der Waals surface area contributed by atoms with Gasteiger partial charge in [-0.3, -0.25) is 9.69 Å². The molecule has 1 saturated heterocycles. The molecule has 2 rings (SSSR count). The number of rotatable bonds is 5. The average Bonchev–Trinajstić information content (AvgIpc) is 2.71. The molecule has 1 aromatic carbocycles. The summed E-state index contributed by atoms with van der Waals surface area (Å²) in [6.45, 7) is 2.88. The number of nitrogen functional groups attached to an aromatic ring is 1. The van der Waals surface area contributed by atoms with E-state index in [0.717, 1.165) is 12.1 Å². The number of anilines is 1. The van der Waals surface area contributed by atoms with Crippen LogP contribution in [0.4, 0.5) is 23.7 Å². The molecule has 1 aliphatic heterocycles. The zero-order chi connectivity index (χ0) is 19.9. The number of carbonyl (C=O) groups is 2. The predicted octanol–water partition coefficient (Wildman–Crippen LogP) is 1.01. The van der Waals surface area contributed by atoms with Crippen molar-refractivity contribution in [2.75, 3.05) is 12.3 Å². The van der Waals surface area contributed by atoms with Crippen LogP contribution in [0.2, 0.25) is 0 Å². The van der Waals surface area contributed by atoms with E-state index in [0.29, 0.717) is 4.90 Å². The minimum atomic E-state index is -5.41. The first-order chi connectivity index (χ1) is 11.8. The summed E-state index contributed by atoms with van der Waals surface area (Å²) in [4.78, 5) is 24.0. The molecule has 8 nitrogen and oxygen atoms in total. The minimum absolute atomic E-state index is 0.197. The van der Waals surface area contributed by atoms with Crippen molar-refractivity contribution in [2.45, 2.75) is 30.6 Å². The number of hydrogen-bond acceptors (Lipinski definition) is 5. The van der Waals surface area contributed by atoms with Gasteiger partial charge in [-0.1, -0.05) is 13.8 Å². The second kappa shape index (κ2) is 6.43. The summed E-state index contributed by atoms with van der Waals surface area (Å²) in [5, 5.41) is 1.45. The lowest BCUT2D eigenvalue weighted by molar-refractivity contribution is -0.198. The second-order valence-electron chi connectivity index (χ2n) is 6.16. The molecule has 1 aromatic rings. The Morgan fingerprint density at radius 1 is 1.23 bits per heavy atom. The highest BCUT2D eigenvalue weighted by atomic mass is 32.2. The van der Waals surface area contributed by atoms with Gasteiger partial charge in [0, 0.05) is 12.2 Å². The molecule has 0 aromatic heterocycles. The average molecular weight is 394 g/mol. The van der Waals surface area contributed by atoms with E-state index in [1.807, 2.05) is 0 Å². The van der Waals surface area contributed by atoms with E-state index in [9.17, 15) is 31.2 Å². The number of alkyl halides is 3. The molecule has 0 saturated carbocycles. The summed E-state index contributed by atoms with van der Waals surface area (Å²) in [6, 6.07) is 2.98. The van der Waals surface area contributed by atoms with Crippen LogP contribution in [0.5, 0.6) is 0 Å². The van der Waals surface area contributed by atoms with Gasteiger partial charge in [0.05, 0.1) is 4.90 Å². The topological polar surface area (TPSA) is 122 Å². The van der Waals surface area contributed by atoms with Crippen LogP contribution in [0.1, 0.15) is 13.8 Å². The highest BCUT2D eigenvalue weighted by molar-refractivity contribution is 7.89. The third-order valence-corrected chi connectivity index (χ3v) is 5.02. The fraction of sp³-hybridized carbons (Fsp3) is 0.429. The summed E-state index contributed by atoms with van der Waals surface area (Å²) >= 11 is 0. The molecule has 3 amide bonds. The normalized spacial score (nSPS) is 21.4. The Balaban J connectivity index is 2.48. The lowest BCUT2D eigenvalue weighted by Crippen LogP contribution is -2.69. The van der Waals surface area contributed by atoms with Gasteiger partial charge < -0.3 is 11.1 Å². The minimum Gasteiger partial charge on any atom is -0.399 e. The van der Waals surface area contributed by atoms with Crippen LogP contribution < -0.4 is 15.8 Å². The lowest BCUT2D eigenvalue weighted by Gasteiger charge is -2.29. The van der Waals surface area contributed by atoms with E-state index >= 15 is 0 Å². The summed E-state index contributed by atoms with van der Waals surface area (Å²) < 4.78 is 67.0. The summed E-state index contributed by atoms with van der Waals surface area (Å²) in [5.41, 5.74) is 1.84. The fourth-order valence-electron chi connectivity index (χ4n) is 2.33. The zero-order valence-corrected chi connectivity index (χ0v) is 14.6. The quantitative estimate of drug-likeness (QED) is 0.508. The van der Waals surface area contributed by atoms with Crippen molar-refractivity contribution >= 4 is 27.6 Å². The van der Waals surface area contributed by atoms with Crippen molar-refractivity contribution in [1.29, 1.82) is 0 Å². The first-order valence-corrected chi connectivity index (χ1v) is 8.89. The van der Waals surface area contributed by atoms with Gasteiger partial charge in [-0.2, -0.15) is 17.9 Å². The van der Waals surface area contributed by atoms with E-state index in [2.05, 4.69) is 0 Å². The van der Waals surface area contributed by atoms with Gasteiger partial charge in [-0.25, -0.2) is 13.2 Å². The van der Waals surface area contributed by atoms with Crippen molar-refractivity contribution in [3.05, 3.63) is 24.3 Å². The summed E-state index contributed by atoms with van der Waals surface area (Å²) in [7, 11) is -4.80. The number of urea groups is 1. The molecule has 1 aliphatic rings. The van der Waals surface area contributed by atoms with Crippen LogP contribution in [-0.4, -0.2) is 43.6 Å². The van der Waals surface area contributed by atoms with Gasteiger partial charge >= 0.3 is 12.2 Å². The van der Waals surface area contributed by atoms with E-state index in [1.165, 1.54) is 22.2 Å². The highest BCUT2D eigenvalue weighted by Crippen LogP contribution is 2.35. The number of amides is 3. The van der Waals surface area contributed by atoms with Crippen LogP contribution in [0, 0.1) is 5.92 Å². The Morgan fingerprint density at radius 3 is 2.23 bits per heavy atom. The van der Waals surface area contributed by atoms with E-state index in [4.69, 9.17) is 5.73 Å². The predicted molar refractivity (Wildman–Crippen MR) is 85.0 cm³/mol. The molecule has 4 N–H and O–H groups in total. The van der Waals surface area contributed by atoms with E-state index in [-0.39, 0.29) is 18.2 Å². The maximum atomic E-state index is 13.7. The number of sulfonamides is 1. The number of hydrogen-bond donors (Lipinski definition) is 3. The van der Waals surface area contributed by atoms with Crippen molar-refractivity contribution in [1.82, 2.24) is 14.9 Å². The Kier molecular flexibility index (Phi) is 4.94. The first-order valence-electron chi connectivity index (χ1n) is 7.40. The molecule has 0 spiro atoms. The van der Waals surface area contributed by atoms with Gasteiger partial charge in [0.2, 0.25) is 10.0 Å². The molecule has 0 radical (unpaired) electrons. The van der Waals surface area contributed by atoms with E-state index < -0.39 is 38.7 Å². The van der Waals surface area contributed by atoms with Crippen molar-refractivity contribution < 1.29 is 31.2 Å². The van der Waals surface area contributed by atoms with Crippen LogP contribution in [0.15, 0.2) is 29.2 Å². The number of nitrogens with zero attached hydrogens (tertiary/aromatic N) is 1. The van der Waals surface area contributed by atoms with Crippen LogP contribution in [0.25, 0.3) is 0 Å². The molecule has 0 unspecified atom stereocenters. The Morgan fingerprint density at radius 2 is 1.77 bits per heavy atom. The van der Waals surface area contributed by atoms with Gasteiger partial charge in [-0.15, -0.1) is 0 Å². The number of halogens is 3. The molecule has 1 heterocycles. The summed E-state index contributed by atoms with van der Waals surface area (Å²) in [5.74, 6) is -2.05. The number of nitrogens with one attached hydrogen (secondary N) is 2. The molecule has 1 atom stereocenters. The van der Waals surface area contributed by atoms with Crippen LogP contribution in [-0.2, 0) is 14.8 Å². The number of nitrogens with two attached hydrogens (primary N) is 1. The molecule has 1 fully saturated rings. The molecule has 0 bridgehead atoms. The Bertz CT molecular complexity index is 824. The smallest absolute Gasteiger partial charge is 0.399 e. The van der Waals surface area contributed by atoms with Gasteiger partial charge in [0.25, 0.3) is 11.6 Å². The Hall–Kier alpha value is -2.34. The molecule has 0 aliphatic carbocycles. The van der Waals surface area contributed by atoms with Crippen molar-refractivity contribution in [3.8, 4) is 0 Å². The number of carbonyl (C=O) groups excluding carboxylic acids is 2. The third kappa shape index (κ3) is 3.46. The molecular formula is C14H17F3N4O4S. The van der Waals surface area contributed by atoms with Crippen LogP contribution in [0.3, 0.4) is 0 Å². The lowest BCUT2D eigenvalue weighted by atomic mass is 10.1. The SMILES string of the molecule is CC(C)CN1C(=O)N[C@](NS(=O)(=O)c2ccc(N)cc2)(C(F)(F)F)C1=O. The number of benzene rings is 1. The van der Waals surface area contributed by atoms with E-state index in [1.54, 1.807) is 13.8 Å². The zero-order valence-electron chi connectivity index (χ0n) is 13.8. The van der Waals surface area contributed by atoms with Gasteiger partial charge in [0.1, 0.15) is 0 Å².